The van der Waals surface area contributed by atoms with E-state index in [0.717, 1.165) is 24.1 Å². The average Bonchev–Trinajstić information content (AvgIpc) is 2.99. The van der Waals surface area contributed by atoms with Crippen LogP contribution in [0.5, 0.6) is 0 Å². The minimum atomic E-state index is -0.0916. The molecule has 1 amide bonds. The van der Waals surface area contributed by atoms with Crippen LogP contribution in [0.4, 0.5) is 11.6 Å². The number of carbonyl (C=O) groups excluding carboxylic acids is 1. The van der Waals surface area contributed by atoms with E-state index < -0.39 is 0 Å². The summed E-state index contributed by atoms with van der Waals surface area (Å²) in [4.78, 5) is 35.6. The fraction of sp³-hybridized carbons (Fsp3) is 0.429. The third-order valence-electron chi connectivity index (χ3n) is 5.51. The van der Waals surface area contributed by atoms with Crippen LogP contribution in [0.25, 0.3) is 11.2 Å². The van der Waals surface area contributed by atoms with E-state index in [1.165, 1.54) is 0 Å². The molecule has 0 atom stereocenters. The first-order valence-corrected chi connectivity index (χ1v) is 9.98. The highest BCUT2D eigenvalue weighted by molar-refractivity contribution is 5.94. The van der Waals surface area contributed by atoms with Crippen LogP contribution in [-0.4, -0.2) is 57.2 Å². The van der Waals surface area contributed by atoms with E-state index in [0.29, 0.717) is 35.9 Å². The lowest BCUT2D eigenvalue weighted by Gasteiger charge is -2.22. The number of fused-ring (bicyclic) bond motifs is 1. The maximum Gasteiger partial charge on any atom is 0.330 e. The number of carbonyl (C=O) groups is 1. The van der Waals surface area contributed by atoms with Gasteiger partial charge in [0.2, 0.25) is 5.95 Å². The maximum atomic E-state index is 12.8. The molecule has 0 bridgehead atoms. The van der Waals surface area contributed by atoms with Gasteiger partial charge in [0.1, 0.15) is 5.52 Å². The predicted octanol–water partition coefficient (Wildman–Crippen LogP) is 2.48. The topological polar surface area (TPSA) is 94.3 Å². The molecule has 30 heavy (non-hydrogen) atoms. The molecule has 4 rings (SSSR count). The lowest BCUT2D eigenvalue weighted by atomic mass is 10.1. The molecule has 3 heterocycles. The van der Waals surface area contributed by atoms with E-state index in [-0.39, 0.29) is 19.1 Å². The Kier molecular flexibility index (Phi) is 5.29. The van der Waals surface area contributed by atoms with Crippen LogP contribution in [0.3, 0.4) is 0 Å². The molecule has 0 saturated carbocycles. The molecule has 0 radical (unpaired) electrons. The molecule has 2 aromatic heterocycles. The van der Waals surface area contributed by atoms with Crippen LogP contribution < -0.4 is 11.0 Å². The Hall–Kier alpha value is -3.20. The summed E-state index contributed by atoms with van der Waals surface area (Å²) < 4.78 is 8.79. The second-order valence-electron chi connectivity index (χ2n) is 7.81. The quantitative estimate of drug-likeness (QED) is 0.708. The van der Waals surface area contributed by atoms with Crippen LogP contribution in [0.15, 0.2) is 29.2 Å². The summed E-state index contributed by atoms with van der Waals surface area (Å²) in [6, 6.07) is 5.52. The molecule has 1 fully saturated rings. The lowest BCUT2D eigenvalue weighted by Crippen LogP contribution is -2.30. The molecule has 9 heteroatoms. The standard InChI is InChI=1S/C21H26N6O3.H2/c1-13-11-14(19(28)25(2)3)5-6-16(13)23-20-22-12-17-18(24-20)27(21(29)26(17)4)15-7-9-30-10-8-15;/h5-6,11-12,15H,7-10H2,1-4H3,(H,22,23,24);1H. The zero-order valence-corrected chi connectivity index (χ0v) is 17.7. The summed E-state index contributed by atoms with van der Waals surface area (Å²) in [6.45, 7) is 3.20. The van der Waals surface area contributed by atoms with Crippen LogP contribution in [0, 0.1) is 6.92 Å². The molecule has 0 aliphatic carbocycles. The number of rotatable bonds is 4. The number of amides is 1. The number of imidazole rings is 1. The minimum Gasteiger partial charge on any atom is -0.381 e. The van der Waals surface area contributed by atoms with Gasteiger partial charge in [-0.2, -0.15) is 4.98 Å². The smallest absolute Gasteiger partial charge is 0.330 e. The van der Waals surface area contributed by atoms with E-state index in [4.69, 9.17) is 4.74 Å². The van der Waals surface area contributed by atoms with Crippen molar-refractivity contribution in [2.45, 2.75) is 25.8 Å². The zero-order valence-electron chi connectivity index (χ0n) is 17.7. The third-order valence-corrected chi connectivity index (χ3v) is 5.51. The summed E-state index contributed by atoms with van der Waals surface area (Å²) in [6.07, 6.45) is 3.24. The Morgan fingerprint density at radius 3 is 2.70 bits per heavy atom. The molecule has 1 saturated heterocycles. The van der Waals surface area contributed by atoms with Crippen molar-refractivity contribution < 1.29 is 11.0 Å². The molecular weight excluding hydrogens is 384 g/mol. The first-order valence-electron chi connectivity index (χ1n) is 9.98. The van der Waals surface area contributed by atoms with Gasteiger partial charge >= 0.3 is 5.69 Å². The first kappa shape index (κ1) is 20.1. The molecule has 1 aliphatic heterocycles. The number of aromatic nitrogens is 4. The van der Waals surface area contributed by atoms with Gasteiger partial charge in [-0.25, -0.2) is 9.78 Å². The second kappa shape index (κ2) is 7.91. The van der Waals surface area contributed by atoms with Gasteiger partial charge in [-0.3, -0.25) is 13.9 Å². The van der Waals surface area contributed by atoms with Crippen LogP contribution in [0.2, 0.25) is 0 Å². The van der Waals surface area contributed by atoms with Gasteiger partial charge in [0.25, 0.3) is 5.91 Å². The van der Waals surface area contributed by atoms with E-state index in [9.17, 15) is 9.59 Å². The largest absolute Gasteiger partial charge is 0.381 e. The van der Waals surface area contributed by atoms with Gasteiger partial charge < -0.3 is 15.0 Å². The van der Waals surface area contributed by atoms with Crippen molar-refractivity contribution in [3.8, 4) is 0 Å². The SMILES string of the molecule is Cc1cc(C(=O)N(C)C)ccc1Nc1ncc2c(n1)n(C1CCOCC1)c(=O)n2C.[HH]. The second-order valence-corrected chi connectivity index (χ2v) is 7.81. The number of benzene rings is 1. The number of ether oxygens (including phenoxy) is 1. The average molecular weight is 412 g/mol. The summed E-state index contributed by atoms with van der Waals surface area (Å²) in [5.74, 6) is 0.357. The number of hydrogen-bond donors (Lipinski definition) is 1. The van der Waals surface area contributed by atoms with Crippen molar-refractivity contribution >= 4 is 28.7 Å². The van der Waals surface area contributed by atoms with Crippen molar-refractivity contribution in [1.82, 2.24) is 24.0 Å². The predicted molar refractivity (Wildman–Crippen MR) is 116 cm³/mol. The van der Waals surface area contributed by atoms with Gasteiger partial charge in [0, 0.05) is 53.1 Å². The molecule has 1 aromatic carbocycles. The molecule has 1 N–H and O–H groups in total. The Morgan fingerprint density at radius 2 is 2.03 bits per heavy atom. The van der Waals surface area contributed by atoms with Crippen molar-refractivity contribution in [1.29, 1.82) is 0 Å². The van der Waals surface area contributed by atoms with Gasteiger partial charge in [0.15, 0.2) is 5.65 Å². The summed E-state index contributed by atoms with van der Waals surface area (Å²) in [7, 11) is 5.19. The molecular formula is C21H28N6O3. The van der Waals surface area contributed by atoms with Gasteiger partial charge in [-0.15, -0.1) is 0 Å². The molecule has 1 aliphatic rings. The zero-order chi connectivity index (χ0) is 21.4. The Morgan fingerprint density at radius 1 is 1.30 bits per heavy atom. The Labute approximate surface area is 175 Å². The van der Waals surface area contributed by atoms with Crippen molar-refractivity contribution in [3.05, 3.63) is 46.0 Å². The third kappa shape index (κ3) is 3.56. The van der Waals surface area contributed by atoms with Crippen LogP contribution in [-0.2, 0) is 11.8 Å². The molecule has 3 aromatic rings. The Bertz CT molecular complexity index is 1160. The van der Waals surface area contributed by atoms with Crippen LogP contribution in [0.1, 0.15) is 36.2 Å². The minimum absolute atomic E-state index is 0. The van der Waals surface area contributed by atoms with Gasteiger partial charge in [-0.05, 0) is 43.5 Å². The normalized spacial score (nSPS) is 14.8. The fourth-order valence-electron chi connectivity index (χ4n) is 3.78. The van der Waals surface area contributed by atoms with Crippen molar-refractivity contribution in [2.24, 2.45) is 7.05 Å². The number of nitrogens with zero attached hydrogens (tertiary/aromatic N) is 5. The maximum absolute atomic E-state index is 12.8. The number of anilines is 2. The molecule has 0 spiro atoms. The number of hydrogen-bond acceptors (Lipinski definition) is 6. The highest BCUT2D eigenvalue weighted by Gasteiger charge is 2.23. The monoisotopic (exact) mass is 412 g/mol. The number of nitrogens with one attached hydrogen (secondary N) is 1. The van der Waals surface area contributed by atoms with Crippen molar-refractivity contribution in [3.63, 3.8) is 0 Å². The summed E-state index contributed by atoms with van der Waals surface area (Å²) >= 11 is 0. The van der Waals surface area contributed by atoms with E-state index in [1.807, 2.05) is 19.1 Å². The summed E-state index contributed by atoms with van der Waals surface area (Å²) in [5.41, 5.74) is 3.55. The van der Waals surface area contributed by atoms with Crippen LogP contribution >= 0.6 is 0 Å². The van der Waals surface area contributed by atoms with Crippen molar-refractivity contribution in [2.75, 3.05) is 32.6 Å². The molecule has 0 unspecified atom stereocenters. The molecule has 9 nitrogen and oxygen atoms in total. The number of aryl methyl sites for hydroxylation is 2. The van der Waals surface area contributed by atoms with E-state index in [1.54, 1.807) is 47.4 Å². The van der Waals surface area contributed by atoms with E-state index in [2.05, 4.69) is 15.3 Å². The highest BCUT2D eigenvalue weighted by Crippen LogP contribution is 2.25. The van der Waals surface area contributed by atoms with Gasteiger partial charge in [-0.1, -0.05) is 0 Å². The lowest BCUT2D eigenvalue weighted by molar-refractivity contribution is 0.0695. The highest BCUT2D eigenvalue weighted by atomic mass is 16.5. The summed E-state index contributed by atoms with van der Waals surface area (Å²) in [5, 5.41) is 3.22. The van der Waals surface area contributed by atoms with E-state index >= 15 is 0 Å². The van der Waals surface area contributed by atoms with Gasteiger partial charge in [0.05, 0.1) is 6.20 Å². The first-order chi connectivity index (χ1) is 14.4. The Balaban J connectivity index is 0.00000272. The molecule has 160 valence electrons. The fourth-order valence-corrected chi connectivity index (χ4v) is 3.78.